The van der Waals surface area contributed by atoms with Crippen molar-refractivity contribution in [1.82, 2.24) is 0 Å². The van der Waals surface area contributed by atoms with E-state index >= 15 is 0 Å². The summed E-state index contributed by atoms with van der Waals surface area (Å²) in [6, 6.07) is 0. The summed E-state index contributed by atoms with van der Waals surface area (Å²) in [5.41, 5.74) is 0. The third kappa shape index (κ3) is 9.17. The molecule has 0 heterocycles. The van der Waals surface area contributed by atoms with Crippen LogP contribution in [0.15, 0.2) is 5.16 Å². The number of halogens is 2. The molecule has 108 valence electrons. The highest BCUT2D eigenvalue weighted by atomic mass is 35.5. The number of phosphoric acid groups is 1. The molecule has 0 atom stereocenters. The molecule has 18 heavy (non-hydrogen) atoms. The maximum absolute atomic E-state index is 12.1. The smallest absolute Gasteiger partial charge is 0.291 e. The minimum Gasteiger partial charge on any atom is -0.291 e. The zero-order valence-corrected chi connectivity index (χ0v) is 13.1. The molecule has 0 saturated heterocycles. The van der Waals surface area contributed by atoms with Gasteiger partial charge in [0.15, 0.2) is 5.17 Å². The van der Waals surface area contributed by atoms with Crippen LogP contribution in [0.3, 0.4) is 0 Å². The number of oxime groups is 1. The first-order valence-corrected chi connectivity index (χ1v) is 8.31. The second-order valence-electron chi connectivity index (χ2n) is 3.50. The van der Waals surface area contributed by atoms with Gasteiger partial charge in [-0.3, -0.25) is 13.7 Å². The van der Waals surface area contributed by atoms with E-state index in [2.05, 4.69) is 5.16 Å². The van der Waals surface area contributed by atoms with Crippen molar-refractivity contribution in [1.29, 1.82) is 0 Å². The number of hydrogen-bond donors (Lipinski definition) is 0. The fourth-order valence-electron chi connectivity index (χ4n) is 0.844. The lowest BCUT2D eigenvalue weighted by molar-refractivity contribution is 0.114. The van der Waals surface area contributed by atoms with Crippen LogP contribution in [0.1, 0.15) is 39.5 Å². The molecular formula is C10H20Cl2NO4P. The maximum Gasteiger partial charge on any atom is 0.550 e. The Kier molecular flexibility index (Phi) is 11.2. The van der Waals surface area contributed by atoms with E-state index in [9.17, 15) is 4.57 Å². The fraction of sp³-hybridized carbons (Fsp3) is 0.900. The van der Waals surface area contributed by atoms with Crippen molar-refractivity contribution < 1.29 is 18.2 Å². The molecule has 0 saturated carbocycles. The number of unbranched alkanes of at least 4 members (excludes halogenated alkanes) is 2. The monoisotopic (exact) mass is 319 g/mol. The average Bonchev–Trinajstić information content (AvgIpc) is 2.37. The molecule has 0 aliphatic rings. The summed E-state index contributed by atoms with van der Waals surface area (Å²) in [7, 11) is -3.68. The normalized spacial score (nSPS) is 12.8. The van der Waals surface area contributed by atoms with Crippen molar-refractivity contribution in [2.75, 3.05) is 19.1 Å². The van der Waals surface area contributed by atoms with Gasteiger partial charge in [0, 0.05) is 0 Å². The van der Waals surface area contributed by atoms with Crippen molar-refractivity contribution in [3.63, 3.8) is 0 Å². The number of hydrogen-bond acceptors (Lipinski definition) is 5. The zero-order valence-electron chi connectivity index (χ0n) is 10.7. The standard InChI is InChI=1S/C10H20Cl2NO4P/c1-3-5-7-15-18(14,16-8-6-4-2)17-13-10(12)9-11/h3-9H2,1-2H3/b13-10+. The minimum atomic E-state index is -3.68. The van der Waals surface area contributed by atoms with Crippen molar-refractivity contribution in [3.05, 3.63) is 0 Å². The van der Waals surface area contributed by atoms with Gasteiger partial charge < -0.3 is 0 Å². The third-order valence-corrected chi connectivity index (χ3v) is 3.72. The number of rotatable bonds is 11. The second kappa shape index (κ2) is 11.1. The summed E-state index contributed by atoms with van der Waals surface area (Å²) in [6.07, 6.45) is 3.36. The van der Waals surface area contributed by atoms with E-state index in [1.165, 1.54) is 0 Å². The first-order chi connectivity index (χ1) is 8.58. The molecule has 8 heteroatoms. The Hall–Kier alpha value is 0.200. The molecule has 0 fully saturated rings. The number of alkyl halides is 1. The molecule has 5 nitrogen and oxygen atoms in total. The Morgan fingerprint density at radius 2 is 1.67 bits per heavy atom. The predicted octanol–water partition coefficient (Wildman–Crippen LogP) is 4.54. The van der Waals surface area contributed by atoms with Crippen LogP contribution >= 0.6 is 31.0 Å². The molecule has 0 bridgehead atoms. The first-order valence-electron chi connectivity index (χ1n) is 5.94. The molecule has 0 N–H and O–H groups in total. The van der Waals surface area contributed by atoms with Crippen LogP contribution in [0.25, 0.3) is 0 Å². The van der Waals surface area contributed by atoms with Gasteiger partial charge in [0.2, 0.25) is 0 Å². The molecule has 0 amide bonds. The summed E-state index contributed by atoms with van der Waals surface area (Å²) >= 11 is 11.0. The van der Waals surface area contributed by atoms with Gasteiger partial charge in [-0.05, 0) is 12.8 Å². The van der Waals surface area contributed by atoms with Gasteiger partial charge in [-0.1, -0.05) is 43.4 Å². The van der Waals surface area contributed by atoms with Crippen LogP contribution < -0.4 is 0 Å². The van der Waals surface area contributed by atoms with Crippen LogP contribution in [0.4, 0.5) is 0 Å². The van der Waals surface area contributed by atoms with Gasteiger partial charge in [0.1, 0.15) is 0 Å². The van der Waals surface area contributed by atoms with Gasteiger partial charge in [-0.15, -0.1) is 11.6 Å². The number of nitrogens with zero attached hydrogens (tertiary/aromatic N) is 1. The van der Waals surface area contributed by atoms with Crippen molar-refractivity contribution in [2.45, 2.75) is 39.5 Å². The molecule has 0 aliphatic carbocycles. The summed E-state index contributed by atoms with van der Waals surface area (Å²) in [4.78, 5) is 0. The van der Waals surface area contributed by atoms with Gasteiger partial charge in [-0.25, -0.2) is 4.57 Å². The predicted molar refractivity (Wildman–Crippen MR) is 74.4 cm³/mol. The molecule has 0 aromatic heterocycles. The zero-order chi connectivity index (χ0) is 13.9. The third-order valence-electron chi connectivity index (χ3n) is 1.84. The van der Waals surface area contributed by atoms with Crippen molar-refractivity contribution in [3.8, 4) is 0 Å². The first kappa shape index (κ1) is 18.2. The van der Waals surface area contributed by atoms with E-state index in [1.54, 1.807) is 0 Å². The molecule has 0 radical (unpaired) electrons. The molecule has 0 unspecified atom stereocenters. The Morgan fingerprint density at radius 1 is 1.17 bits per heavy atom. The highest BCUT2D eigenvalue weighted by Crippen LogP contribution is 2.50. The topological polar surface area (TPSA) is 57.1 Å². The highest BCUT2D eigenvalue weighted by Gasteiger charge is 2.28. The van der Waals surface area contributed by atoms with E-state index < -0.39 is 7.82 Å². The lowest BCUT2D eigenvalue weighted by Crippen LogP contribution is -2.01. The average molecular weight is 320 g/mol. The second-order valence-corrected chi connectivity index (χ2v) is 5.78. The minimum absolute atomic E-state index is 0.00456. The Balaban J connectivity index is 4.34. The van der Waals surface area contributed by atoms with Gasteiger partial charge in [0.05, 0.1) is 19.1 Å². The van der Waals surface area contributed by atoms with Crippen molar-refractivity contribution in [2.24, 2.45) is 5.16 Å². The largest absolute Gasteiger partial charge is 0.550 e. The molecule has 0 rings (SSSR count). The molecule has 0 aromatic carbocycles. The summed E-state index contributed by atoms with van der Waals surface area (Å²) in [6.45, 7) is 4.56. The lowest BCUT2D eigenvalue weighted by Gasteiger charge is -2.14. The summed E-state index contributed by atoms with van der Waals surface area (Å²) in [5.74, 6) is -0.0223. The summed E-state index contributed by atoms with van der Waals surface area (Å²) in [5, 5.41) is 3.40. The van der Waals surface area contributed by atoms with Crippen LogP contribution in [-0.2, 0) is 18.2 Å². The highest BCUT2D eigenvalue weighted by molar-refractivity contribution is 7.48. The van der Waals surface area contributed by atoms with Gasteiger partial charge >= 0.3 is 7.82 Å². The quantitative estimate of drug-likeness (QED) is 0.184. The Labute approximate surface area is 118 Å². The van der Waals surface area contributed by atoms with Gasteiger partial charge in [-0.2, -0.15) is 0 Å². The Bertz CT molecular complexity index is 275. The van der Waals surface area contributed by atoms with Crippen LogP contribution in [0.5, 0.6) is 0 Å². The van der Waals surface area contributed by atoms with Crippen molar-refractivity contribution >= 4 is 36.2 Å². The molecule has 0 spiro atoms. The fourth-order valence-corrected chi connectivity index (χ4v) is 2.05. The van der Waals surface area contributed by atoms with Gasteiger partial charge in [0.25, 0.3) is 0 Å². The van der Waals surface area contributed by atoms with E-state index in [0.29, 0.717) is 0 Å². The maximum atomic E-state index is 12.1. The van der Waals surface area contributed by atoms with E-state index in [0.717, 1.165) is 25.7 Å². The summed E-state index contributed by atoms with van der Waals surface area (Å²) < 4.78 is 27.1. The van der Waals surface area contributed by atoms with Crippen LogP contribution in [0, 0.1) is 0 Å². The van der Waals surface area contributed by atoms with E-state index in [-0.39, 0.29) is 24.3 Å². The van der Waals surface area contributed by atoms with E-state index in [1.807, 2.05) is 13.8 Å². The molecular weight excluding hydrogens is 300 g/mol. The SMILES string of the molecule is CCCCOP(=O)(OCCCC)O/N=C(/Cl)CCl. The molecule has 0 aromatic rings. The van der Waals surface area contributed by atoms with Crippen LogP contribution in [0.2, 0.25) is 0 Å². The van der Waals surface area contributed by atoms with Crippen LogP contribution in [-0.4, -0.2) is 24.3 Å². The number of phosphoric ester groups is 1. The van der Waals surface area contributed by atoms with E-state index in [4.69, 9.17) is 36.9 Å². The Morgan fingerprint density at radius 3 is 2.06 bits per heavy atom. The lowest BCUT2D eigenvalue weighted by atomic mass is 10.4. The molecule has 0 aliphatic heterocycles.